The van der Waals surface area contributed by atoms with Crippen molar-refractivity contribution in [2.75, 3.05) is 24.0 Å². The minimum absolute atomic E-state index is 0.750. The van der Waals surface area contributed by atoms with E-state index in [2.05, 4.69) is 332 Å². The highest BCUT2D eigenvalue weighted by atomic mass is 16.5. The average molecular weight is 1330 g/mol. The number of hydrogen-bond acceptors (Lipinski definition) is 6. The Morgan fingerprint density at radius 1 is 0.333 bits per heavy atom. The second-order valence-corrected chi connectivity index (χ2v) is 26.7. The van der Waals surface area contributed by atoms with Crippen LogP contribution >= 0.6 is 0 Å². The molecule has 2 N–H and O–H groups in total. The number of nitrogens with zero attached hydrogens (tertiary/aromatic N) is 4. The summed E-state index contributed by atoms with van der Waals surface area (Å²) in [6.07, 6.45) is 12.0. The lowest BCUT2D eigenvalue weighted by Gasteiger charge is -2.25. The molecular formula is C94H88N6O2. The Morgan fingerprint density at radius 3 is 1.12 bits per heavy atom. The Hall–Kier alpha value is -11.7. The number of benzene rings is 9. The number of ether oxygens (including phenoxy) is 2. The van der Waals surface area contributed by atoms with Crippen molar-refractivity contribution in [1.82, 2.24) is 19.9 Å². The molecule has 0 unspecified atom stereocenters. The van der Waals surface area contributed by atoms with Crippen LogP contribution in [0.3, 0.4) is 0 Å². The minimum atomic E-state index is 0.750. The normalized spacial score (nSPS) is 12.3. The summed E-state index contributed by atoms with van der Waals surface area (Å²) in [5, 5.41) is 0. The molecule has 3 aromatic heterocycles. The SMILES string of the molecule is CCC1=C(C)c2nc1c(/C=C/c1ccc(N(c3ccc(C)cc3)c3ccc(C)cc3)cc1)c1[nH]c(c(C)c1CC)c(-c1cccc(OC)c1)c1nc(c(-c3ccc(/C=C/c4ccc(N(c5ccccc5)c5ccccc5)cc4)cc3)c3[nH]c(c(C)c3CC)c2-c2cccc(OC)c2)C(CC)=C1C. The number of hydrogen-bond donors (Lipinski definition) is 2. The van der Waals surface area contributed by atoms with Gasteiger partial charge < -0.3 is 29.2 Å². The number of fused-ring (bicyclic) bond motifs is 8. The summed E-state index contributed by atoms with van der Waals surface area (Å²) >= 11 is 0. The summed E-state index contributed by atoms with van der Waals surface area (Å²) in [6, 6.07) is 82.4. The first-order valence-electron chi connectivity index (χ1n) is 35.8. The number of allylic oxidation sites excluding steroid dienone is 4. The third kappa shape index (κ3) is 12.9. The van der Waals surface area contributed by atoms with Gasteiger partial charge in [0.05, 0.1) is 59.1 Å². The predicted octanol–water partition coefficient (Wildman–Crippen LogP) is 25.7. The van der Waals surface area contributed by atoms with Gasteiger partial charge >= 0.3 is 0 Å². The summed E-state index contributed by atoms with van der Waals surface area (Å²) in [5.41, 5.74) is 36.7. The van der Waals surface area contributed by atoms with E-state index in [4.69, 9.17) is 19.4 Å². The second-order valence-electron chi connectivity index (χ2n) is 26.7. The molecule has 506 valence electrons. The molecule has 0 atom stereocenters. The molecule has 102 heavy (non-hydrogen) atoms. The summed E-state index contributed by atoms with van der Waals surface area (Å²) in [5.74, 6) is 1.54. The first kappa shape index (κ1) is 67.4. The molecule has 0 saturated carbocycles. The molecule has 0 saturated heterocycles. The minimum Gasteiger partial charge on any atom is -0.497 e. The monoisotopic (exact) mass is 1330 g/mol. The topological polar surface area (TPSA) is 82.3 Å². The number of methoxy groups -OCH3 is 2. The van der Waals surface area contributed by atoms with Crippen LogP contribution in [0.1, 0.15) is 133 Å². The third-order valence-electron chi connectivity index (χ3n) is 20.5. The van der Waals surface area contributed by atoms with Crippen LogP contribution in [0.15, 0.2) is 231 Å². The lowest BCUT2D eigenvalue weighted by molar-refractivity contribution is 0.415. The maximum absolute atomic E-state index is 6.09. The van der Waals surface area contributed by atoms with Gasteiger partial charge in [0.15, 0.2) is 0 Å². The van der Waals surface area contributed by atoms with Crippen LogP contribution in [0.5, 0.6) is 11.5 Å². The molecule has 0 spiro atoms. The Bertz CT molecular complexity index is 5290. The Kier molecular flexibility index (Phi) is 19.3. The van der Waals surface area contributed by atoms with Gasteiger partial charge in [-0.1, -0.05) is 197 Å². The maximum Gasteiger partial charge on any atom is 0.119 e. The van der Waals surface area contributed by atoms with Crippen molar-refractivity contribution in [3.05, 3.63) is 309 Å². The summed E-state index contributed by atoms with van der Waals surface area (Å²) in [6.45, 7) is 22.5. The Balaban J connectivity index is 1.01. The Labute approximate surface area is 601 Å². The van der Waals surface area contributed by atoms with Crippen molar-refractivity contribution in [2.45, 2.75) is 94.9 Å². The van der Waals surface area contributed by atoms with Crippen molar-refractivity contribution in [3.63, 3.8) is 0 Å². The lowest BCUT2D eigenvalue weighted by Crippen LogP contribution is -2.09. The molecule has 0 radical (unpaired) electrons. The van der Waals surface area contributed by atoms with Crippen LogP contribution in [0.4, 0.5) is 34.1 Å². The number of H-pyrrole nitrogens is 2. The molecule has 8 heteroatoms. The highest BCUT2D eigenvalue weighted by molar-refractivity contribution is 6.08. The predicted molar refractivity (Wildman–Crippen MR) is 434 cm³/mol. The first-order chi connectivity index (χ1) is 49.8. The maximum atomic E-state index is 6.09. The van der Waals surface area contributed by atoms with Gasteiger partial charge in [-0.3, -0.25) is 0 Å². The zero-order chi connectivity index (χ0) is 70.7. The molecule has 2 aliphatic heterocycles. The van der Waals surface area contributed by atoms with E-state index in [1.165, 1.54) is 33.4 Å². The number of aromatic amines is 2. The fraction of sp³-hybridized carbons (Fsp3) is 0.170. The Morgan fingerprint density at radius 2 is 0.696 bits per heavy atom. The molecule has 2 aliphatic rings. The largest absolute Gasteiger partial charge is 0.497 e. The molecule has 0 amide bonds. The van der Waals surface area contributed by atoms with Crippen molar-refractivity contribution in [3.8, 4) is 44.9 Å². The quantitative estimate of drug-likeness (QED) is 0.0785. The zero-order valence-corrected chi connectivity index (χ0v) is 60.7. The van der Waals surface area contributed by atoms with E-state index in [9.17, 15) is 0 Å². The summed E-state index contributed by atoms with van der Waals surface area (Å²) in [7, 11) is 3.49. The van der Waals surface area contributed by atoms with Crippen LogP contribution in [0.2, 0.25) is 0 Å². The van der Waals surface area contributed by atoms with Crippen LogP contribution in [0, 0.1) is 27.7 Å². The first-order valence-corrected chi connectivity index (χ1v) is 35.8. The van der Waals surface area contributed by atoms with Gasteiger partial charge in [0.25, 0.3) is 0 Å². The molecular weight excluding hydrogens is 1250 g/mol. The molecule has 5 heterocycles. The second kappa shape index (κ2) is 29.2. The van der Waals surface area contributed by atoms with Gasteiger partial charge in [0.2, 0.25) is 0 Å². The number of para-hydroxylation sites is 2. The fourth-order valence-corrected chi connectivity index (χ4v) is 15.1. The summed E-state index contributed by atoms with van der Waals surface area (Å²) in [4.78, 5) is 25.3. The van der Waals surface area contributed by atoms with Gasteiger partial charge in [-0.25, -0.2) is 9.97 Å². The molecule has 9 aromatic carbocycles. The van der Waals surface area contributed by atoms with Crippen molar-refractivity contribution in [1.29, 1.82) is 0 Å². The number of anilines is 6. The van der Waals surface area contributed by atoms with E-state index in [-0.39, 0.29) is 0 Å². The molecule has 8 bridgehead atoms. The van der Waals surface area contributed by atoms with E-state index in [1.54, 1.807) is 14.2 Å². The lowest BCUT2D eigenvalue weighted by atomic mass is 9.92. The van der Waals surface area contributed by atoms with Crippen molar-refractivity contribution in [2.24, 2.45) is 0 Å². The van der Waals surface area contributed by atoms with E-state index in [0.717, 1.165) is 194 Å². The number of nitrogens with one attached hydrogen (secondary N) is 2. The highest BCUT2D eigenvalue weighted by Crippen LogP contribution is 2.49. The summed E-state index contributed by atoms with van der Waals surface area (Å²) < 4.78 is 12.1. The van der Waals surface area contributed by atoms with Gasteiger partial charge in [0, 0.05) is 56.4 Å². The van der Waals surface area contributed by atoms with E-state index in [0.29, 0.717) is 0 Å². The number of aryl methyl sites for hydroxylation is 6. The van der Waals surface area contributed by atoms with E-state index < -0.39 is 0 Å². The smallest absolute Gasteiger partial charge is 0.119 e. The molecule has 0 aliphatic carbocycles. The molecule has 8 nitrogen and oxygen atoms in total. The van der Waals surface area contributed by atoms with Crippen LogP contribution < -0.4 is 19.3 Å². The van der Waals surface area contributed by atoms with Crippen molar-refractivity contribution >= 4 is 103 Å². The number of aromatic nitrogens is 4. The van der Waals surface area contributed by atoms with E-state index in [1.807, 2.05) is 12.1 Å². The third-order valence-corrected chi connectivity index (χ3v) is 20.5. The standard InChI is InChI=1S/C94H88N6O2/c1-13-79-61(7)87-85(69-25-23-31-77(57-69)101-11)89-63(9)81(15-3)93(97-89)84(68-46-39-65(40-47-68)37-38-66-41-52-75(53-42-66)99(71-27-19-17-20-28-71)72-29-21-18-22-30-72)94-82(16-4)64(10)90(98-94)86(70-26-24-32-78(58-70)102-12)88-62(8)80(14-2)92(96-88)83(91(79)95-87)56-45-67-43-54-76(55-44-67)100(73-48-33-59(5)34-49-73)74-50-35-60(6)36-51-74/h17-58,95,98H,13-16H2,1-12H3/b38-37+,56-45+,87-85?,88-86?,89-85?,90-86?,91-83?,92-83?,93-84?,94-84?. The van der Waals surface area contributed by atoms with Gasteiger partial charge in [0.1, 0.15) is 11.5 Å². The zero-order valence-electron chi connectivity index (χ0n) is 60.7. The van der Waals surface area contributed by atoms with Crippen LogP contribution in [0.25, 0.3) is 102 Å². The fourth-order valence-electron chi connectivity index (χ4n) is 15.1. The highest BCUT2D eigenvalue weighted by Gasteiger charge is 2.30. The molecule has 12 aromatic rings. The van der Waals surface area contributed by atoms with Crippen LogP contribution in [-0.2, 0) is 12.8 Å². The van der Waals surface area contributed by atoms with Crippen LogP contribution in [-0.4, -0.2) is 34.2 Å². The van der Waals surface area contributed by atoms with E-state index >= 15 is 0 Å². The average Bonchev–Trinajstić information content (AvgIpc) is 1.57. The molecule has 14 rings (SSSR count). The molecule has 0 fully saturated rings. The van der Waals surface area contributed by atoms with Gasteiger partial charge in [-0.05, 0) is 242 Å². The van der Waals surface area contributed by atoms with Gasteiger partial charge in [-0.15, -0.1) is 0 Å². The van der Waals surface area contributed by atoms with Gasteiger partial charge in [-0.2, -0.15) is 0 Å². The van der Waals surface area contributed by atoms with Crippen molar-refractivity contribution < 1.29 is 9.47 Å². The number of rotatable bonds is 19.